The zero-order chi connectivity index (χ0) is 15.4. The summed E-state index contributed by atoms with van der Waals surface area (Å²) >= 11 is 3.47. The van der Waals surface area contributed by atoms with Gasteiger partial charge in [-0.1, -0.05) is 28.1 Å². The molecule has 0 bridgehead atoms. The third-order valence-corrected chi connectivity index (χ3v) is 4.38. The van der Waals surface area contributed by atoms with Gasteiger partial charge in [-0.25, -0.2) is 9.97 Å². The van der Waals surface area contributed by atoms with Crippen LogP contribution in [0.5, 0.6) is 5.88 Å². The molecule has 1 aromatic heterocycles. The highest BCUT2D eigenvalue weighted by Crippen LogP contribution is 2.18. The number of halogens is 1. The summed E-state index contributed by atoms with van der Waals surface area (Å²) in [6, 6.07) is 10.4. The Morgan fingerprint density at radius 1 is 1.09 bits per heavy atom. The van der Waals surface area contributed by atoms with Crippen molar-refractivity contribution in [2.45, 2.75) is 6.54 Å². The highest BCUT2D eigenvalue weighted by molar-refractivity contribution is 9.10. The van der Waals surface area contributed by atoms with Crippen LogP contribution in [0.25, 0.3) is 0 Å². The van der Waals surface area contributed by atoms with Gasteiger partial charge in [0.2, 0.25) is 5.88 Å². The van der Waals surface area contributed by atoms with Gasteiger partial charge in [-0.15, -0.1) is 0 Å². The van der Waals surface area contributed by atoms with Crippen LogP contribution in [0.4, 0.5) is 5.82 Å². The standard InChI is InChI=1S/C16H19BrN4O/c1-22-16-10-15(18-12-19-16)21-8-6-20(7-9-21)11-13-2-4-14(17)5-3-13/h2-5,10,12H,6-9,11H2,1H3. The molecule has 6 heteroatoms. The third kappa shape index (κ3) is 3.75. The van der Waals surface area contributed by atoms with Gasteiger partial charge in [0, 0.05) is 43.3 Å². The molecule has 116 valence electrons. The number of hydrogen-bond acceptors (Lipinski definition) is 5. The Kier molecular flexibility index (Phi) is 4.90. The number of aromatic nitrogens is 2. The SMILES string of the molecule is COc1cc(N2CCN(Cc3ccc(Br)cc3)CC2)ncn1. The fourth-order valence-electron chi connectivity index (χ4n) is 2.60. The van der Waals surface area contributed by atoms with Crippen LogP contribution < -0.4 is 9.64 Å². The lowest BCUT2D eigenvalue weighted by molar-refractivity contribution is 0.249. The highest BCUT2D eigenvalue weighted by atomic mass is 79.9. The van der Waals surface area contributed by atoms with Gasteiger partial charge in [0.25, 0.3) is 0 Å². The normalized spacial score (nSPS) is 15.8. The van der Waals surface area contributed by atoms with Crippen molar-refractivity contribution in [3.8, 4) is 5.88 Å². The summed E-state index contributed by atoms with van der Waals surface area (Å²) in [5.41, 5.74) is 1.35. The first-order valence-electron chi connectivity index (χ1n) is 7.32. The average Bonchev–Trinajstić information content (AvgIpc) is 2.58. The molecule has 1 aliphatic heterocycles. The molecule has 0 unspecified atom stereocenters. The van der Waals surface area contributed by atoms with Gasteiger partial charge >= 0.3 is 0 Å². The van der Waals surface area contributed by atoms with Gasteiger partial charge in [-0.05, 0) is 17.7 Å². The van der Waals surface area contributed by atoms with Crippen LogP contribution in [0.1, 0.15) is 5.56 Å². The largest absolute Gasteiger partial charge is 0.481 e. The van der Waals surface area contributed by atoms with Crippen molar-refractivity contribution in [2.24, 2.45) is 0 Å². The van der Waals surface area contributed by atoms with Crippen LogP contribution in [-0.2, 0) is 6.54 Å². The molecule has 3 rings (SSSR count). The van der Waals surface area contributed by atoms with Crippen molar-refractivity contribution in [1.29, 1.82) is 0 Å². The Hall–Kier alpha value is -1.66. The zero-order valence-corrected chi connectivity index (χ0v) is 14.2. The lowest BCUT2D eigenvalue weighted by Gasteiger charge is -2.35. The summed E-state index contributed by atoms with van der Waals surface area (Å²) in [7, 11) is 1.63. The van der Waals surface area contributed by atoms with Crippen molar-refractivity contribution in [3.05, 3.63) is 46.7 Å². The molecule has 2 heterocycles. The maximum atomic E-state index is 5.16. The van der Waals surface area contributed by atoms with Crippen LogP contribution in [0.3, 0.4) is 0 Å². The van der Waals surface area contributed by atoms with Crippen molar-refractivity contribution in [3.63, 3.8) is 0 Å². The molecule has 1 aliphatic rings. The number of hydrogen-bond donors (Lipinski definition) is 0. The Labute approximate surface area is 139 Å². The zero-order valence-electron chi connectivity index (χ0n) is 12.6. The van der Waals surface area contributed by atoms with E-state index in [4.69, 9.17) is 4.74 Å². The van der Waals surface area contributed by atoms with Crippen LogP contribution in [0.2, 0.25) is 0 Å². The molecule has 0 saturated carbocycles. The smallest absolute Gasteiger partial charge is 0.218 e. The van der Waals surface area contributed by atoms with E-state index >= 15 is 0 Å². The predicted molar refractivity (Wildman–Crippen MR) is 90.2 cm³/mol. The predicted octanol–water partition coefficient (Wildman–Crippen LogP) is 2.57. The maximum absolute atomic E-state index is 5.16. The summed E-state index contributed by atoms with van der Waals surface area (Å²) < 4.78 is 6.29. The number of anilines is 1. The highest BCUT2D eigenvalue weighted by Gasteiger charge is 2.18. The van der Waals surface area contributed by atoms with Crippen molar-refractivity contribution >= 4 is 21.7 Å². The molecule has 0 N–H and O–H groups in total. The van der Waals surface area contributed by atoms with Gasteiger partial charge in [0.15, 0.2) is 0 Å². The second kappa shape index (κ2) is 7.07. The second-order valence-electron chi connectivity index (χ2n) is 5.31. The molecule has 2 aromatic rings. The van der Waals surface area contributed by atoms with E-state index in [0.29, 0.717) is 5.88 Å². The van der Waals surface area contributed by atoms with Gasteiger partial charge in [0.1, 0.15) is 12.1 Å². The minimum Gasteiger partial charge on any atom is -0.481 e. The number of methoxy groups -OCH3 is 1. The molecule has 1 fully saturated rings. The van der Waals surface area contributed by atoms with Crippen LogP contribution in [0.15, 0.2) is 41.1 Å². The summed E-state index contributed by atoms with van der Waals surface area (Å²) in [4.78, 5) is 13.1. The summed E-state index contributed by atoms with van der Waals surface area (Å²) in [5, 5.41) is 0. The van der Waals surface area contributed by atoms with E-state index in [2.05, 4.69) is 60.0 Å². The van der Waals surface area contributed by atoms with Gasteiger partial charge < -0.3 is 9.64 Å². The lowest BCUT2D eigenvalue weighted by atomic mass is 10.2. The van der Waals surface area contributed by atoms with Crippen molar-refractivity contribution in [1.82, 2.24) is 14.9 Å². The molecule has 0 aliphatic carbocycles. The maximum Gasteiger partial charge on any atom is 0.218 e. The average molecular weight is 363 g/mol. The van der Waals surface area contributed by atoms with Crippen molar-refractivity contribution in [2.75, 3.05) is 38.2 Å². The van der Waals surface area contributed by atoms with E-state index in [9.17, 15) is 0 Å². The molecular formula is C16H19BrN4O. The number of nitrogens with zero attached hydrogens (tertiary/aromatic N) is 4. The van der Waals surface area contributed by atoms with Gasteiger partial charge in [0.05, 0.1) is 7.11 Å². The number of piperazine rings is 1. The van der Waals surface area contributed by atoms with Gasteiger partial charge in [-0.3, -0.25) is 4.90 Å². The quantitative estimate of drug-likeness (QED) is 0.835. The topological polar surface area (TPSA) is 41.5 Å². The first-order valence-corrected chi connectivity index (χ1v) is 8.11. The summed E-state index contributed by atoms with van der Waals surface area (Å²) in [6.07, 6.45) is 1.56. The van der Waals surface area contributed by atoms with E-state index in [1.165, 1.54) is 5.56 Å². The fraction of sp³-hybridized carbons (Fsp3) is 0.375. The fourth-order valence-corrected chi connectivity index (χ4v) is 2.86. The minimum absolute atomic E-state index is 0.613. The van der Waals surface area contributed by atoms with E-state index in [1.807, 2.05) is 6.07 Å². The van der Waals surface area contributed by atoms with Gasteiger partial charge in [-0.2, -0.15) is 0 Å². The van der Waals surface area contributed by atoms with E-state index in [1.54, 1.807) is 13.4 Å². The Bertz CT molecular complexity index is 612. The molecule has 1 saturated heterocycles. The van der Waals surface area contributed by atoms with E-state index < -0.39 is 0 Å². The Morgan fingerprint density at radius 2 is 1.82 bits per heavy atom. The molecule has 22 heavy (non-hydrogen) atoms. The molecule has 1 aromatic carbocycles. The number of benzene rings is 1. The Balaban J connectivity index is 1.56. The molecule has 0 spiro atoms. The molecular weight excluding hydrogens is 344 g/mol. The number of ether oxygens (including phenoxy) is 1. The summed E-state index contributed by atoms with van der Waals surface area (Å²) in [6.45, 7) is 4.99. The minimum atomic E-state index is 0.613. The first kappa shape index (κ1) is 15.2. The monoisotopic (exact) mass is 362 g/mol. The van der Waals surface area contributed by atoms with E-state index in [0.717, 1.165) is 43.0 Å². The molecule has 0 atom stereocenters. The molecule has 0 radical (unpaired) electrons. The van der Waals surface area contributed by atoms with E-state index in [-0.39, 0.29) is 0 Å². The Morgan fingerprint density at radius 3 is 2.50 bits per heavy atom. The molecule has 0 amide bonds. The summed E-state index contributed by atoms with van der Waals surface area (Å²) in [5.74, 6) is 1.55. The molecule has 5 nitrogen and oxygen atoms in total. The van der Waals surface area contributed by atoms with Crippen LogP contribution >= 0.6 is 15.9 Å². The van der Waals surface area contributed by atoms with Crippen LogP contribution in [0, 0.1) is 0 Å². The lowest BCUT2D eigenvalue weighted by Crippen LogP contribution is -2.46. The van der Waals surface area contributed by atoms with Crippen LogP contribution in [-0.4, -0.2) is 48.2 Å². The second-order valence-corrected chi connectivity index (χ2v) is 6.22. The van der Waals surface area contributed by atoms with Crippen molar-refractivity contribution < 1.29 is 4.74 Å². The first-order chi connectivity index (χ1) is 10.7. The number of rotatable bonds is 4. The third-order valence-electron chi connectivity index (χ3n) is 3.85.